The number of hydrogen-bond donors (Lipinski definition) is 1. The van der Waals surface area contributed by atoms with Crippen LogP contribution in [0.2, 0.25) is 0 Å². The van der Waals surface area contributed by atoms with Crippen molar-refractivity contribution in [1.82, 2.24) is 5.32 Å². The van der Waals surface area contributed by atoms with E-state index in [4.69, 9.17) is 0 Å². The Morgan fingerprint density at radius 3 is 2.63 bits per heavy atom. The SMILES string of the molecule is CC(C)CC1C(=O)NC(=O)CC12CCCC(C)C2C. The summed E-state index contributed by atoms with van der Waals surface area (Å²) in [6, 6.07) is 0. The lowest BCUT2D eigenvalue weighted by Crippen LogP contribution is -2.57. The highest BCUT2D eigenvalue weighted by Crippen LogP contribution is 2.54. The first-order chi connectivity index (χ1) is 8.86. The van der Waals surface area contributed by atoms with Gasteiger partial charge in [0.2, 0.25) is 11.8 Å². The van der Waals surface area contributed by atoms with E-state index >= 15 is 0 Å². The smallest absolute Gasteiger partial charge is 0.230 e. The van der Waals surface area contributed by atoms with Crippen molar-refractivity contribution in [2.45, 2.75) is 59.8 Å². The van der Waals surface area contributed by atoms with E-state index < -0.39 is 0 Å². The van der Waals surface area contributed by atoms with Gasteiger partial charge in [-0.25, -0.2) is 0 Å². The molecule has 0 bridgehead atoms. The van der Waals surface area contributed by atoms with Gasteiger partial charge in [-0.2, -0.15) is 0 Å². The zero-order chi connectivity index (χ0) is 14.2. The maximum Gasteiger partial charge on any atom is 0.230 e. The molecule has 1 aliphatic heterocycles. The second kappa shape index (κ2) is 5.26. The molecule has 1 aliphatic carbocycles. The van der Waals surface area contributed by atoms with Crippen LogP contribution in [0, 0.1) is 29.1 Å². The molecule has 2 rings (SSSR count). The van der Waals surface area contributed by atoms with E-state index in [1.165, 1.54) is 6.42 Å². The van der Waals surface area contributed by atoms with Gasteiger partial charge in [-0.05, 0) is 36.0 Å². The molecule has 1 spiro atoms. The largest absolute Gasteiger partial charge is 0.296 e. The number of carbonyl (C=O) groups excluding carboxylic acids is 2. The fraction of sp³-hybridized carbons (Fsp3) is 0.875. The molecule has 108 valence electrons. The summed E-state index contributed by atoms with van der Waals surface area (Å²) in [7, 11) is 0. The zero-order valence-electron chi connectivity index (χ0n) is 12.7. The molecule has 1 saturated carbocycles. The molecule has 19 heavy (non-hydrogen) atoms. The number of carbonyl (C=O) groups is 2. The summed E-state index contributed by atoms with van der Waals surface area (Å²) < 4.78 is 0. The van der Waals surface area contributed by atoms with E-state index in [-0.39, 0.29) is 23.1 Å². The maximum absolute atomic E-state index is 12.3. The Hall–Kier alpha value is -0.860. The average Bonchev–Trinajstić information content (AvgIpc) is 2.30. The van der Waals surface area contributed by atoms with Crippen LogP contribution in [-0.2, 0) is 9.59 Å². The summed E-state index contributed by atoms with van der Waals surface area (Å²) in [5.41, 5.74) is -0.0820. The van der Waals surface area contributed by atoms with Crippen LogP contribution in [0.5, 0.6) is 0 Å². The monoisotopic (exact) mass is 265 g/mol. The number of piperidine rings is 1. The summed E-state index contributed by atoms with van der Waals surface area (Å²) >= 11 is 0. The van der Waals surface area contributed by atoms with Gasteiger partial charge in [0.05, 0.1) is 0 Å². The number of imide groups is 1. The van der Waals surface area contributed by atoms with Gasteiger partial charge in [0.15, 0.2) is 0 Å². The van der Waals surface area contributed by atoms with Crippen molar-refractivity contribution in [2.24, 2.45) is 29.1 Å². The molecule has 4 atom stereocenters. The van der Waals surface area contributed by atoms with Crippen LogP contribution in [0.4, 0.5) is 0 Å². The van der Waals surface area contributed by atoms with Gasteiger partial charge in [-0.15, -0.1) is 0 Å². The summed E-state index contributed by atoms with van der Waals surface area (Å²) in [5, 5.41) is 2.56. The summed E-state index contributed by atoms with van der Waals surface area (Å²) in [4.78, 5) is 24.2. The summed E-state index contributed by atoms with van der Waals surface area (Å²) in [5.74, 6) is 1.49. The van der Waals surface area contributed by atoms with E-state index in [1.807, 2.05) is 0 Å². The Balaban J connectivity index is 2.35. The molecule has 2 aliphatic rings. The molecule has 1 saturated heterocycles. The number of hydrogen-bond acceptors (Lipinski definition) is 2. The lowest BCUT2D eigenvalue weighted by molar-refractivity contribution is -0.151. The molecule has 0 aromatic rings. The lowest BCUT2D eigenvalue weighted by Gasteiger charge is -2.52. The van der Waals surface area contributed by atoms with E-state index in [0.717, 1.165) is 19.3 Å². The molecule has 0 radical (unpaired) electrons. The lowest BCUT2D eigenvalue weighted by atomic mass is 9.53. The van der Waals surface area contributed by atoms with E-state index in [1.54, 1.807) is 0 Å². The van der Waals surface area contributed by atoms with Crippen LogP contribution in [0.3, 0.4) is 0 Å². The molecule has 3 heteroatoms. The maximum atomic E-state index is 12.3. The molecule has 2 amide bonds. The second-order valence-electron chi connectivity index (χ2n) is 7.16. The minimum atomic E-state index is -0.0820. The first kappa shape index (κ1) is 14.5. The van der Waals surface area contributed by atoms with Crippen molar-refractivity contribution in [1.29, 1.82) is 0 Å². The highest BCUT2D eigenvalue weighted by Gasteiger charge is 2.53. The zero-order valence-corrected chi connectivity index (χ0v) is 12.7. The number of amides is 2. The summed E-state index contributed by atoms with van der Waals surface area (Å²) in [6.45, 7) is 8.85. The van der Waals surface area contributed by atoms with Gasteiger partial charge in [0, 0.05) is 12.3 Å². The normalized spacial score (nSPS) is 39.7. The van der Waals surface area contributed by atoms with E-state index in [0.29, 0.717) is 24.2 Å². The molecule has 1 N–H and O–H groups in total. The van der Waals surface area contributed by atoms with Gasteiger partial charge in [0.25, 0.3) is 0 Å². The second-order valence-corrected chi connectivity index (χ2v) is 7.16. The Morgan fingerprint density at radius 1 is 1.32 bits per heavy atom. The van der Waals surface area contributed by atoms with Crippen LogP contribution in [-0.4, -0.2) is 11.8 Å². The van der Waals surface area contributed by atoms with Crippen molar-refractivity contribution in [3.63, 3.8) is 0 Å². The molecule has 1 heterocycles. The molecular weight excluding hydrogens is 238 g/mol. The Labute approximate surface area is 116 Å². The van der Waals surface area contributed by atoms with Crippen molar-refractivity contribution in [3.8, 4) is 0 Å². The molecule has 0 aromatic carbocycles. The van der Waals surface area contributed by atoms with Crippen molar-refractivity contribution < 1.29 is 9.59 Å². The van der Waals surface area contributed by atoms with Crippen LogP contribution >= 0.6 is 0 Å². The first-order valence-electron chi connectivity index (χ1n) is 7.70. The molecule has 3 nitrogen and oxygen atoms in total. The van der Waals surface area contributed by atoms with Gasteiger partial charge >= 0.3 is 0 Å². The summed E-state index contributed by atoms with van der Waals surface area (Å²) in [6.07, 6.45) is 4.86. The average molecular weight is 265 g/mol. The quantitative estimate of drug-likeness (QED) is 0.780. The van der Waals surface area contributed by atoms with Crippen LogP contribution in [0.25, 0.3) is 0 Å². The van der Waals surface area contributed by atoms with E-state index in [9.17, 15) is 9.59 Å². The molecule has 2 fully saturated rings. The third-order valence-electron chi connectivity index (χ3n) is 5.53. The molecule has 4 unspecified atom stereocenters. The van der Waals surface area contributed by atoms with E-state index in [2.05, 4.69) is 33.0 Å². The molecular formula is C16H27NO2. The number of rotatable bonds is 2. The topological polar surface area (TPSA) is 46.2 Å². The fourth-order valence-corrected chi connectivity index (χ4v) is 4.30. The van der Waals surface area contributed by atoms with Crippen molar-refractivity contribution >= 4 is 11.8 Å². The first-order valence-corrected chi connectivity index (χ1v) is 7.70. The Kier molecular flexibility index (Phi) is 4.03. The van der Waals surface area contributed by atoms with Crippen LogP contribution < -0.4 is 5.32 Å². The highest BCUT2D eigenvalue weighted by molar-refractivity contribution is 5.99. The molecule has 0 aromatic heterocycles. The van der Waals surface area contributed by atoms with Crippen molar-refractivity contribution in [3.05, 3.63) is 0 Å². The predicted molar refractivity (Wildman–Crippen MR) is 75.3 cm³/mol. The minimum Gasteiger partial charge on any atom is -0.296 e. The Bertz CT molecular complexity index is 377. The van der Waals surface area contributed by atoms with Gasteiger partial charge in [0.1, 0.15) is 0 Å². The van der Waals surface area contributed by atoms with Crippen LogP contribution in [0.1, 0.15) is 59.8 Å². The van der Waals surface area contributed by atoms with Crippen LogP contribution in [0.15, 0.2) is 0 Å². The number of nitrogens with one attached hydrogen (secondary N) is 1. The van der Waals surface area contributed by atoms with Gasteiger partial charge in [-0.3, -0.25) is 14.9 Å². The third kappa shape index (κ3) is 2.56. The predicted octanol–water partition coefficient (Wildman–Crippen LogP) is 3.14. The standard InChI is InChI=1S/C16H27NO2/c1-10(2)8-13-15(19)17-14(18)9-16(13)7-5-6-11(3)12(16)4/h10-13H,5-9H2,1-4H3,(H,17,18,19). The third-order valence-corrected chi connectivity index (χ3v) is 5.53. The van der Waals surface area contributed by atoms with Crippen molar-refractivity contribution in [2.75, 3.05) is 0 Å². The fourth-order valence-electron chi connectivity index (χ4n) is 4.30. The van der Waals surface area contributed by atoms with Gasteiger partial charge in [-0.1, -0.05) is 40.5 Å². The van der Waals surface area contributed by atoms with Gasteiger partial charge < -0.3 is 0 Å². The minimum absolute atomic E-state index is 0.0166. The highest BCUT2D eigenvalue weighted by atomic mass is 16.2. The Morgan fingerprint density at radius 2 is 2.00 bits per heavy atom.